The van der Waals surface area contributed by atoms with Crippen LogP contribution in [0.4, 0.5) is 10.5 Å². The molecular formula is C16H15N3O4. The van der Waals surface area contributed by atoms with Crippen molar-refractivity contribution >= 4 is 22.6 Å². The van der Waals surface area contributed by atoms with E-state index in [9.17, 15) is 9.59 Å². The molecule has 3 aromatic rings. The Morgan fingerprint density at radius 2 is 2.17 bits per heavy atom. The summed E-state index contributed by atoms with van der Waals surface area (Å²) in [6.45, 7) is 0.234. The third kappa shape index (κ3) is 3.03. The molecule has 0 saturated heterocycles. The largest absolute Gasteiger partial charge is 0.495 e. The molecule has 0 fully saturated rings. The Balaban J connectivity index is 1.79. The average Bonchev–Trinajstić information content (AvgIpc) is 3.08. The van der Waals surface area contributed by atoms with E-state index in [0.29, 0.717) is 22.4 Å². The topological polar surface area (TPSA) is 96.4 Å². The molecular weight excluding hydrogens is 298 g/mol. The minimum Gasteiger partial charge on any atom is -0.495 e. The Morgan fingerprint density at radius 1 is 1.30 bits per heavy atom. The van der Waals surface area contributed by atoms with E-state index in [2.05, 4.69) is 15.6 Å². The van der Waals surface area contributed by atoms with Gasteiger partial charge in [0, 0.05) is 6.20 Å². The van der Waals surface area contributed by atoms with Crippen LogP contribution in [0.15, 0.2) is 52.0 Å². The molecule has 7 nitrogen and oxygen atoms in total. The summed E-state index contributed by atoms with van der Waals surface area (Å²) in [7, 11) is 1.53. The number of ether oxygens (including phenoxy) is 1. The number of carbonyl (C=O) groups is 1. The lowest BCUT2D eigenvalue weighted by atomic mass is 10.2. The van der Waals surface area contributed by atoms with E-state index < -0.39 is 6.03 Å². The van der Waals surface area contributed by atoms with Crippen LogP contribution in [-0.4, -0.2) is 18.1 Å². The van der Waals surface area contributed by atoms with Gasteiger partial charge in [-0.05, 0) is 24.3 Å². The van der Waals surface area contributed by atoms with Crippen molar-refractivity contribution in [1.82, 2.24) is 10.3 Å². The van der Waals surface area contributed by atoms with Crippen molar-refractivity contribution in [3.63, 3.8) is 0 Å². The van der Waals surface area contributed by atoms with Crippen LogP contribution in [-0.2, 0) is 6.54 Å². The summed E-state index contributed by atoms with van der Waals surface area (Å²) in [4.78, 5) is 27.3. The van der Waals surface area contributed by atoms with Crippen LogP contribution in [0.2, 0.25) is 0 Å². The van der Waals surface area contributed by atoms with Crippen molar-refractivity contribution in [2.75, 3.05) is 12.4 Å². The number of benzene rings is 1. The first-order chi connectivity index (χ1) is 11.2. The molecule has 0 unspecified atom stereocenters. The first-order valence-electron chi connectivity index (χ1n) is 6.94. The zero-order chi connectivity index (χ0) is 16.2. The van der Waals surface area contributed by atoms with Gasteiger partial charge in [-0.1, -0.05) is 6.07 Å². The van der Waals surface area contributed by atoms with Gasteiger partial charge in [0.15, 0.2) is 0 Å². The van der Waals surface area contributed by atoms with Crippen LogP contribution in [0.25, 0.3) is 10.9 Å². The lowest BCUT2D eigenvalue weighted by molar-refractivity contribution is 0.251. The fraction of sp³-hybridized carbons (Fsp3) is 0.125. The van der Waals surface area contributed by atoms with Gasteiger partial charge >= 0.3 is 6.03 Å². The third-order valence-electron chi connectivity index (χ3n) is 3.35. The standard InChI is InChI=1S/C16H15N3O4/c1-22-13-6-2-5-11-14(13)17-9-12(15(11)20)19-16(21)18-8-10-4-3-7-23-10/h2-7,9H,8H2,1H3,(H,17,20)(H2,18,19,21). The van der Waals surface area contributed by atoms with Crippen molar-refractivity contribution < 1.29 is 13.9 Å². The molecule has 7 heteroatoms. The number of amides is 2. The smallest absolute Gasteiger partial charge is 0.319 e. The molecule has 0 bridgehead atoms. The predicted octanol–water partition coefficient (Wildman–Crippen LogP) is 2.45. The number of hydrogen-bond donors (Lipinski definition) is 3. The van der Waals surface area contributed by atoms with Crippen molar-refractivity contribution in [1.29, 1.82) is 0 Å². The van der Waals surface area contributed by atoms with Crippen LogP contribution in [0.3, 0.4) is 0 Å². The van der Waals surface area contributed by atoms with Gasteiger partial charge in [0.25, 0.3) is 0 Å². The number of H-pyrrole nitrogens is 1. The molecule has 0 aliphatic rings. The van der Waals surface area contributed by atoms with Gasteiger partial charge in [0.05, 0.1) is 30.8 Å². The number of pyridine rings is 1. The molecule has 23 heavy (non-hydrogen) atoms. The monoisotopic (exact) mass is 313 g/mol. The molecule has 0 aliphatic carbocycles. The lowest BCUT2D eigenvalue weighted by Gasteiger charge is -2.09. The summed E-state index contributed by atoms with van der Waals surface area (Å²) < 4.78 is 10.3. The van der Waals surface area contributed by atoms with E-state index in [1.807, 2.05) is 0 Å². The van der Waals surface area contributed by atoms with Crippen LogP contribution < -0.4 is 20.8 Å². The number of para-hydroxylation sites is 1. The molecule has 118 valence electrons. The second kappa shape index (κ2) is 6.27. The average molecular weight is 313 g/mol. The molecule has 0 atom stereocenters. The summed E-state index contributed by atoms with van der Waals surface area (Å²) in [5, 5.41) is 5.57. The minimum absolute atomic E-state index is 0.155. The van der Waals surface area contributed by atoms with Crippen molar-refractivity contribution in [3.8, 4) is 5.75 Å². The number of carbonyl (C=O) groups excluding carboxylic acids is 1. The molecule has 3 rings (SSSR count). The highest BCUT2D eigenvalue weighted by Gasteiger charge is 2.11. The van der Waals surface area contributed by atoms with E-state index >= 15 is 0 Å². The van der Waals surface area contributed by atoms with Crippen molar-refractivity contribution in [2.45, 2.75) is 6.54 Å². The van der Waals surface area contributed by atoms with Gasteiger partial charge in [-0.25, -0.2) is 4.79 Å². The number of anilines is 1. The number of aromatic nitrogens is 1. The molecule has 0 aliphatic heterocycles. The van der Waals surface area contributed by atoms with Crippen LogP contribution in [0, 0.1) is 0 Å². The van der Waals surface area contributed by atoms with Gasteiger partial charge in [0.2, 0.25) is 5.43 Å². The molecule has 0 spiro atoms. The van der Waals surface area contributed by atoms with E-state index in [-0.39, 0.29) is 17.7 Å². The van der Waals surface area contributed by atoms with Crippen LogP contribution in [0.1, 0.15) is 5.76 Å². The molecule has 2 heterocycles. The number of urea groups is 1. The molecule has 2 amide bonds. The maximum absolute atomic E-state index is 12.4. The highest BCUT2D eigenvalue weighted by molar-refractivity contribution is 5.93. The first kappa shape index (κ1) is 14.7. The normalized spacial score (nSPS) is 10.5. The molecule has 1 aromatic carbocycles. The summed E-state index contributed by atoms with van der Waals surface area (Å²) in [5.41, 5.74) is 0.454. The highest BCUT2D eigenvalue weighted by Crippen LogP contribution is 2.21. The molecule has 3 N–H and O–H groups in total. The van der Waals surface area contributed by atoms with Gasteiger partial charge in [-0.2, -0.15) is 0 Å². The van der Waals surface area contributed by atoms with Crippen LogP contribution in [0.5, 0.6) is 5.75 Å². The minimum atomic E-state index is -0.492. The van der Waals surface area contributed by atoms with Crippen molar-refractivity contribution in [3.05, 3.63) is 58.8 Å². The lowest BCUT2D eigenvalue weighted by Crippen LogP contribution is -2.30. The number of furan rings is 1. The Labute approximate surface area is 131 Å². The number of hydrogen-bond acceptors (Lipinski definition) is 4. The molecule has 2 aromatic heterocycles. The maximum atomic E-state index is 12.4. The van der Waals surface area contributed by atoms with Gasteiger partial charge < -0.3 is 24.8 Å². The quantitative estimate of drug-likeness (QED) is 0.689. The van der Waals surface area contributed by atoms with Crippen molar-refractivity contribution in [2.24, 2.45) is 0 Å². The Bertz CT molecular complexity index is 884. The first-order valence-corrected chi connectivity index (χ1v) is 6.94. The van der Waals surface area contributed by atoms with Gasteiger partial charge in [-0.15, -0.1) is 0 Å². The van der Waals surface area contributed by atoms with Crippen LogP contribution >= 0.6 is 0 Å². The highest BCUT2D eigenvalue weighted by atomic mass is 16.5. The van der Waals surface area contributed by atoms with Gasteiger partial charge in [-0.3, -0.25) is 4.79 Å². The number of nitrogens with one attached hydrogen (secondary N) is 3. The zero-order valence-corrected chi connectivity index (χ0v) is 12.4. The Kier molecular flexibility index (Phi) is 4.01. The number of fused-ring (bicyclic) bond motifs is 1. The van der Waals surface area contributed by atoms with E-state index in [1.165, 1.54) is 19.6 Å². The summed E-state index contributed by atoms with van der Waals surface area (Å²) in [6, 6.07) is 8.13. The number of rotatable bonds is 4. The van der Waals surface area contributed by atoms with E-state index in [0.717, 1.165) is 0 Å². The summed E-state index contributed by atoms with van der Waals surface area (Å²) in [6.07, 6.45) is 2.97. The summed E-state index contributed by atoms with van der Waals surface area (Å²) in [5.74, 6) is 1.19. The zero-order valence-electron chi connectivity index (χ0n) is 12.4. The number of methoxy groups -OCH3 is 1. The predicted molar refractivity (Wildman–Crippen MR) is 85.7 cm³/mol. The molecule has 0 saturated carbocycles. The SMILES string of the molecule is COc1cccc2c(=O)c(NC(=O)NCc3ccco3)c[nH]c12. The second-order valence-corrected chi connectivity index (χ2v) is 4.80. The summed E-state index contributed by atoms with van der Waals surface area (Å²) >= 11 is 0. The fourth-order valence-corrected chi connectivity index (χ4v) is 2.23. The van der Waals surface area contributed by atoms with E-state index in [1.54, 1.807) is 30.3 Å². The second-order valence-electron chi connectivity index (χ2n) is 4.80. The van der Waals surface area contributed by atoms with Gasteiger partial charge in [0.1, 0.15) is 17.2 Å². The number of aromatic amines is 1. The Hall–Kier alpha value is -3.22. The van der Waals surface area contributed by atoms with E-state index in [4.69, 9.17) is 9.15 Å². The Morgan fingerprint density at radius 3 is 2.91 bits per heavy atom. The third-order valence-corrected chi connectivity index (χ3v) is 3.35. The molecule has 0 radical (unpaired) electrons. The maximum Gasteiger partial charge on any atom is 0.319 e. The fourth-order valence-electron chi connectivity index (χ4n) is 2.23.